The molecule has 0 spiro atoms. The number of hydrogen-bond acceptors (Lipinski definition) is 3. The summed E-state index contributed by atoms with van der Waals surface area (Å²) in [6.45, 7) is 5.93. The van der Waals surface area contributed by atoms with Gasteiger partial charge in [0.25, 0.3) is 0 Å². The van der Waals surface area contributed by atoms with Gasteiger partial charge < -0.3 is 4.74 Å². The molecule has 0 saturated heterocycles. The van der Waals surface area contributed by atoms with E-state index >= 15 is 0 Å². The first-order valence-corrected chi connectivity index (χ1v) is 7.40. The van der Waals surface area contributed by atoms with Gasteiger partial charge in [0.05, 0.1) is 12.1 Å². The van der Waals surface area contributed by atoms with E-state index in [1.807, 2.05) is 61.5 Å². The molecule has 0 unspecified atom stereocenters. The van der Waals surface area contributed by atoms with Gasteiger partial charge in [0.15, 0.2) is 0 Å². The summed E-state index contributed by atoms with van der Waals surface area (Å²) in [7, 11) is 0. The number of ether oxygens (including phenoxy) is 1. The molecule has 0 aliphatic rings. The van der Waals surface area contributed by atoms with Crippen molar-refractivity contribution in [3.8, 4) is 5.75 Å². The molecule has 0 aromatic heterocycles. The molecular weight excluding hydrogens is 288 g/mol. The van der Waals surface area contributed by atoms with Crippen LogP contribution in [0.2, 0.25) is 0 Å². The van der Waals surface area contributed by atoms with Gasteiger partial charge in [-0.2, -0.15) is 5.10 Å². The van der Waals surface area contributed by atoms with Crippen molar-refractivity contribution in [1.29, 1.82) is 0 Å². The number of rotatable bonds is 7. The van der Waals surface area contributed by atoms with Gasteiger partial charge in [0, 0.05) is 0 Å². The minimum absolute atomic E-state index is 0.138. The van der Waals surface area contributed by atoms with Crippen LogP contribution < -0.4 is 10.2 Å². The quantitative estimate of drug-likeness (QED) is 0.484. The molecule has 4 heteroatoms. The Hall–Kier alpha value is -2.88. The largest absolute Gasteiger partial charge is 0.490 e. The SMILES string of the molecule is C=CCOc1ccc(/C(C)=N/NC(=O)Cc2ccccc2)cc1. The molecule has 1 amide bonds. The first-order chi connectivity index (χ1) is 11.2. The average Bonchev–Trinajstić information content (AvgIpc) is 2.59. The molecule has 0 heterocycles. The molecule has 4 nitrogen and oxygen atoms in total. The van der Waals surface area contributed by atoms with Crippen LogP contribution in [0.25, 0.3) is 0 Å². The summed E-state index contributed by atoms with van der Waals surface area (Å²) in [4.78, 5) is 11.9. The highest BCUT2D eigenvalue weighted by atomic mass is 16.5. The molecule has 2 rings (SSSR count). The molecule has 2 aromatic carbocycles. The molecule has 0 atom stereocenters. The van der Waals surface area contributed by atoms with Crippen molar-refractivity contribution in [2.75, 3.05) is 6.61 Å². The van der Waals surface area contributed by atoms with E-state index < -0.39 is 0 Å². The van der Waals surface area contributed by atoms with E-state index in [2.05, 4.69) is 17.1 Å². The summed E-state index contributed by atoms with van der Waals surface area (Å²) >= 11 is 0. The molecule has 23 heavy (non-hydrogen) atoms. The first kappa shape index (κ1) is 16.5. The Morgan fingerprint density at radius 1 is 1.17 bits per heavy atom. The van der Waals surface area contributed by atoms with Crippen molar-refractivity contribution in [1.82, 2.24) is 5.43 Å². The van der Waals surface area contributed by atoms with Crippen LogP contribution in [-0.2, 0) is 11.2 Å². The van der Waals surface area contributed by atoms with Crippen molar-refractivity contribution < 1.29 is 9.53 Å². The topological polar surface area (TPSA) is 50.7 Å². The van der Waals surface area contributed by atoms with Gasteiger partial charge in [-0.25, -0.2) is 5.43 Å². The van der Waals surface area contributed by atoms with Gasteiger partial charge in [-0.3, -0.25) is 4.79 Å². The van der Waals surface area contributed by atoms with Crippen molar-refractivity contribution in [3.05, 3.63) is 78.4 Å². The van der Waals surface area contributed by atoms with Crippen LogP contribution in [0.5, 0.6) is 5.75 Å². The Bertz CT molecular complexity index is 676. The van der Waals surface area contributed by atoms with Gasteiger partial charge in [-0.05, 0) is 42.3 Å². The number of amides is 1. The van der Waals surface area contributed by atoms with E-state index in [-0.39, 0.29) is 5.91 Å². The summed E-state index contributed by atoms with van der Waals surface area (Å²) in [6, 6.07) is 17.1. The minimum Gasteiger partial charge on any atom is -0.490 e. The summed E-state index contributed by atoms with van der Waals surface area (Å²) in [6.07, 6.45) is 2.01. The van der Waals surface area contributed by atoms with Crippen LogP contribution in [-0.4, -0.2) is 18.2 Å². The first-order valence-electron chi connectivity index (χ1n) is 7.40. The second-order valence-electron chi connectivity index (χ2n) is 5.02. The van der Waals surface area contributed by atoms with Crippen LogP contribution in [0, 0.1) is 0 Å². The van der Waals surface area contributed by atoms with E-state index in [1.165, 1.54) is 0 Å². The van der Waals surface area contributed by atoms with E-state index in [1.54, 1.807) is 6.08 Å². The number of nitrogens with zero attached hydrogens (tertiary/aromatic N) is 1. The molecule has 0 aliphatic heterocycles. The third kappa shape index (κ3) is 5.43. The Kier molecular flexibility index (Phi) is 6.12. The maximum atomic E-state index is 11.9. The molecule has 0 radical (unpaired) electrons. The zero-order chi connectivity index (χ0) is 16.5. The number of hydrazone groups is 1. The fraction of sp³-hybridized carbons (Fsp3) is 0.158. The molecule has 1 N–H and O–H groups in total. The lowest BCUT2D eigenvalue weighted by atomic mass is 10.1. The summed E-state index contributed by atoms with van der Waals surface area (Å²) in [5.74, 6) is 0.635. The average molecular weight is 308 g/mol. The maximum Gasteiger partial charge on any atom is 0.244 e. The molecule has 0 aliphatic carbocycles. The molecule has 0 fully saturated rings. The van der Waals surface area contributed by atoms with E-state index in [9.17, 15) is 4.79 Å². The van der Waals surface area contributed by atoms with Gasteiger partial charge in [0.1, 0.15) is 12.4 Å². The normalized spacial score (nSPS) is 10.9. The van der Waals surface area contributed by atoms with Crippen molar-refractivity contribution in [2.45, 2.75) is 13.3 Å². The lowest BCUT2D eigenvalue weighted by Gasteiger charge is -2.06. The lowest BCUT2D eigenvalue weighted by Crippen LogP contribution is -2.21. The Balaban J connectivity index is 1.91. The van der Waals surface area contributed by atoms with Gasteiger partial charge >= 0.3 is 0 Å². The highest BCUT2D eigenvalue weighted by Crippen LogP contribution is 2.12. The summed E-state index contributed by atoms with van der Waals surface area (Å²) in [5, 5.41) is 4.14. The third-order valence-corrected chi connectivity index (χ3v) is 3.20. The zero-order valence-corrected chi connectivity index (χ0v) is 13.2. The lowest BCUT2D eigenvalue weighted by molar-refractivity contribution is -0.120. The molecule has 0 bridgehead atoms. The van der Waals surface area contributed by atoms with Crippen molar-refractivity contribution in [3.63, 3.8) is 0 Å². The van der Waals surface area contributed by atoms with Crippen LogP contribution in [0.1, 0.15) is 18.1 Å². The highest BCUT2D eigenvalue weighted by molar-refractivity contribution is 5.99. The van der Waals surface area contributed by atoms with E-state index in [4.69, 9.17) is 4.74 Å². The number of carbonyl (C=O) groups is 1. The second kappa shape index (κ2) is 8.54. The third-order valence-electron chi connectivity index (χ3n) is 3.20. The smallest absolute Gasteiger partial charge is 0.244 e. The molecular formula is C19H20N2O2. The molecule has 2 aromatic rings. The predicted molar refractivity (Wildman–Crippen MR) is 92.6 cm³/mol. The van der Waals surface area contributed by atoms with Gasteiger partial charge in [-0.1, -0.05) is 43.0 Å². The standard InChI is InChI=1S/C19H20N2O2/c1-3-13-23-18-11-9-17(10-12-18)15(2)20-21-19(22)14-16-7-5-4-6-8-16/h3-12H,1,13-14H2,2H3,(H,21,22)/b20-15+. The zero-order valence-electron chi connectivity index (χ0n) is 13.2. The minimum atomic E-state index is -0.138. The fourth-order valence-electron chi connectivity index (χ4n) is 1.98. The van der Waals surface area contributed by atoms with E-state index in [0.29, 0.717) is 13.0 Å². The Morgan fingerprint density at radius 3 is 2.52 bits per heavy atom. The molecule has 0 saturated carbocycles. The maximum absolute atomic E-state index is 11.9. The van der Waals surface area contributed by atoms with E-state index in [0.717, 1.165) is 22.6 Å². The van der Waals surface area contributed by atoms with Gasteiger partial charge in [-0.15, -0.1) is 0 Å². The van der Waals surface area contributed by atoms with Crippen LogP contribution in [0.4, 0.5) is 0 Å². The van der Waals surface area contributed by atoms with Crippen molar-refractivity contribution in [2.24, 2.45) is 5.10 Å². The van der Waals surface area contributed by atoms with Crippen LogP contribution in [0.15, 0.2) is 72.4 Å². The number of carbonyl (C=O) groups excluding carboxylic acids is 1. The predicted octanol–water partition coefficient (Wildman–Crippen LogP) is 3.33. The highest BCUT2D eigenvalue weighted by Gasteiger charge is 2.03. The number of benzene rings is 2. The van der Waals surface area contributed by atoms with Gasteiger partial charge in [0.2, 0.25) is 5.91 Å². The van der Waals surface area contributed by atoms with Crippen LogP contribution in [0.3, 0.4) is 0 Å². The molecule has 118 valence electrons. The fourth-order valence-corrected chi connectivity index (χ4v) is 1.98. The summed E-state index contributed by atoms with van der Waals surface area (Å²) in [5.41, 5.74) is 5.21. The number of nitrogens with one attached hydrogen (secondary N) is 1. The monoisotopic (exact) mass is 308 g/mol. The second-order valence-corrected chi connectivity index (χ2v) is 5.02. The Morgan fingerprint density at radius 2 is 1.87 bits per heavy atom. The van der Waals surface area contributed by atoms with Crippen molar-refractivity contribution >= 4 is 11.6 Å². The van der Waals surface area contributed by atoms with Crippen LogP contribution >= 0.6 is 0 Å². The number of hydrogen-bond donors (Lipinski definition) is 1. The Labute approximate surface area is 136 Å². The summed E-state index contributed by atoms with van der Waals surface area (Å²) < 4.78 is 5.43.